The van der Waals surface area contributed by atoms with Crippen LogP contribution in [0.2, 0.25) is 0 Å². The average molecular weight is 294 g/mol. The van der Waals surface area contributed by atoms with Crippen molar-refractivity contribution in [2.45, 2.75) is 39.0 Å². The zero-order valence-corrected chi connectivity index (χ0v) is 12.8. The molecule has 0 aromatic carbocycles. The SMILES string of the molecule is CC1CC(C(=O)O)CN(C(=O)NCC2CC3CCC2C3)C1. The third kappa shape index (κ3) is 3.16. The summed E-state index contributed by atoms with van der Waals surface area (Å²) < 4.78 is 0. The van der Waals surface area contributed by atoms with E-state index in [1.165, 1.54) is 25.7 Å². The maximum Gasteiger partial charge on any atom is 0.317 e. The van der Waals surface area contributed by atoms with Crippen LogP contribution in [-0.2, 0) is 4.79 Å². The first kappa shape index (κ1) is 14.7. The largest absolute Gasteiger partial charge is 0.481 e. The quantitative estimate of drug-likeness (QED) is 0.838. The zero-order chi connectivity index (χ0) is 15.0. The van der Waals surface area contributed by atoms with Crippen LogP contribution in [0.1, 0.15) is 39.0 Å². The molecule has 118 valence electrons. The van der Waals surface area contributed by atoms with E-state index in [-0.39, 0.29) is 11.9 Å². The monoisotopic (exact) mass is 294 g/mol. The summed E-state index contributed by atoms with van der Waals surface area (Å²) in [6.45, 7) is 3.81. The van der Waals surface area contributed by atoms with Crippen LogP contribution >= 0.6 is 0 Å². The number of hydrogen-bond acceptors (Lipinski definition) is 2. The molecule has 0 aromatic rings. The van der Waals surface area contributed by atoms with E-state index in [0.29, 0.717) is 25.4 Å². The Hall–Kier alpha value is -1.26. The van der Waals surface area contributed by atoms with Crippen molar-refractivity contribution in [3.05, 3.63) is 0 Å². The predicted molar refractivity (Wildman–Crippen MR) is 78.8 cm³/mol. The van der Waals surface area contributed by atoms with Gasteiger partial charge in [-0.3, -0.25) is 4.79 Å². The number of piperidine rings is 1. The molecule has 1 heterocycles. The van der Waals surface area contributed by atoms with Crippen LogP contribution in [0.25, 0.3) is 0 Å². The molecule has 3 rings (SSSR count). The van der Waals surface area contributed by atoms with E-state index in [1.807, 2.05) is 6.92 Å². The average Bonchev–Trinajstić information content (AvgIpc) is 3.06. The molecule has 0 spiro atoms. The highest BCUT2D eigenvalue weighted by Gasteiger charge is 2.39. The lowest BCUT2D eigenvalue weighted by Crippen LogP contribution is -2.50. The highest BCUT2D eigenvalue weighted by Crippen LogP contribution is 2.47. The van der Waals surface area contributed by atoms with E-state index in [4.69, 9.17) is 0 Å². The fraction of sp³-hybridized carbons (Fsp3) is 0.875. The van der Waals surface area contributed by atoms with Crippen molar-refractivity contribution >= 4 is 12.0 Å². The minimum Gasteiger partial charge on any atom is -0.481 e. The Morgan fingerprint density at radius 3 is 2.62 bits per heavy atom. The molecule has 0 aromatic heterocycles. The first-order valence-corrected chi connectivity index (χ1v) is 8.28. The Bertz CT molecular complexity index is 426. The number of rotatable bonds is 3. The third-order valence-electron chi connectivity index (χ3n) is 5.70. The lowest BCUT2D eigenvalue weighted by molar-refractivity contribution is -0.143. The topological polar surface area (TPSA) is 69.6 Å². The fourth-order valence-electron chi connectivity index (χ4n) is 4.65. The summed E-state index contributed by atoms with van der Waals surface area (Å²) >= 11 is 0. The van der Waals surface area contributed by atoms with Gasteiger partial charge in [0.15, 0.2) is 0 Å². The van der Waals surface area contributed by atoms with Crippen molar-refractivity contribution in [3.63, 3.8) is 0 Å². The molecule has 5 nitrogen and oxygen atoms in total. The number of nitrogens with zero attached hydrogens (tertiary/aromatic N) is 1. The van der Waals surface area contributed by atoms with Crippen LogP contribution in [0.4, 0.5) is 4.79 Å². The van der Waals surface area contributed by atoms with E-state index >= 15 is 0 Å². The van der Waals surface area contributed by atoms with Crippen LogP contribution < -0.4 is 5.32 Å². The Labute approximate surface area is 126 Å². The van der Waals surface area contributed by atoms with Gasteiger partial charge < -0.3 is 15.3 Å². The van der Waals surface area contributed by atoms with Crippen LogP contribution in [0.15, 0.2) is 0 Å². The normalized spacial score (nSPS) is 38.5. The van der Waals surface area contributed by atoms with E-state index in [0.717, 1.165) is 18.4 Å². The second-order valence-electron chi connectivity index (χ2n) is 7.40. The van der Waals surface area contributed by atoms with Gasteiger partial charge in [0.1, 0.15) is 0 Å². The lowest BCUT2D eigenvalue weighted by atomic mass is 9.89. The van der Waals surface area contributed by atoms with Gasteiger partial charge in [-0.15, -0.1) is 0 Å². The summed E-state index contributed by atoms with van der Waals surface area (Å²) in [5.41, 5.74) is 0. The second-order valence-corrected chi connectivity index (χ2v) is 7.40. The minimum absolute atomic E-state index is 0.0735. The van der Waals surface area contributed by atoms with Gasteiger partial charge in [0.2, 0.25) is 0 Å². The standard InChI is InChI=1S/C16H26N2O3/c1-10-4-14(15(19)20)9-18(8-10)16(21)17-7-13-6-11-2-3-12(13)5-11/h10-14H,2-9H2,1H3,(H,17,21)(H,19,20). The highest BCUT2D eigenvalue weighted by atomic mass is 16.4. The molecule has 3 fully saturated rings. The van der Waals surface area contributed by atoms with Crippen molar-refractivity contribution in [1.82, 2.24) is 10.2 Å². The number of carboxylic acids is 1. The van der Waals surface area contributed by atoms with Crippen molar-refractivity contribution in [2.75, 3.05) is 19.6 Å². The number of nitrogens with one attached hydrogen (secondary N) is 1. The molecule has 1 aliphatic heterocycles. The Balaban J connectivity index is 1.49. The number of carboxylic acid groups (broad SMARTS) is 1. The highest BCUT2D eigenvalue weighted by molar-refractivity contribution is 5.76. The number of hydrogen-bond donors (Lipinski definition) is 2. The van der Waals surface area contributed by atoms with Crippen LogP contribution in [-0.4, -0.2) is 41.6 Å². The molecular formula is C16H26N2O3. The minimum atomic E-state index is -0.785. The van der Waals surface area contributed by atoms with Gasteiger partial charge in [-0.1, -0.05) is 13.3 Å². The van der Waals surface area contributed by atoms with Gasteiger partial charge in [-0.05, 0) is 49.4 Å². The summed E-state index contributed by atoms with van der Waals surface area (Å²) in [6.07, 6.45) is 5.99. The number of urea groups is 1. The molecule has 21 heavy (non-hydrogen) atoms. The molecule has 5 unspecified atom stereocenters. The Morgan fingerprint density at radius 2 is 2.00 bits per heavy atom. The summed E-state index contributed by atoms with van der Waals surface area (Å²) in [5.74, 6) is 1.40. The van der Waals surface area contributed by atoms with E-state index in [1.54, 1.807) is 4.90 Å². The van der Waals surface area contributed by atoms with E-state index < -0.39 is 11.9 Å². The molecule has 5 heteroatoms. The van der Waals surface area contributed by atoms with Crippen molar-refractivity contribution < 1.29 is 14.7 Å². The predicted octanol–water partition coefficient (Wildman–Crippen LogP) is 2.17. The number of carbonyl (C=O) groups excluding carboxylic acids is 1. The molecule has 2 N–H and O–H groups in total. The smallest absolute Gasteiger partial charge is 0.317 e. The van der Waals surface area contributed by atoms with Crippen molar-refractivity contribution in [2.24, 2.45) is 29.6 Å². The van der Waals surface area contributed by atoms with Gasteiger partial charge in [-0.2, -0.15) is 0 Å². The molecule has 2 saturated carbocycles. The number of carbonyl (C=O) groups is 2. The molecule has 2 bridgehead atoms. The number of likely N-dealkylation sites (tertiary alicyclic amines) is 1. The van der Waals surface area contributed by atoms with Gasteiger partial charge in [0.25, 0.3) is 0 Å². The summed E-state index contributed by atoms with van der Waals surface area (Å²) in [5, 5.41) is 12.2. The summed E-state index contributed by atoms with van der Waals surface area (Å²) in [6, 6.07) is -0.0735. The van der Waals surface area contributed by atoms with Crippen LogP contribution in [0.3, 0.4) is 0 Å². The third-order valence-corrected chi connectivity index (χ3v) is 5.70. The number of amides is 2. The molecule has 2 aliphatic carbocycles. The maximum atomic E-state index is 12.3. The van der Waals surface area contributed by atoms with E-state index in [9.17, 15) is 14.7 Å². The lowest BCUT2D eigenvalue weighted by Gasteiger charge is -2.35. The molecule has 3 aliphatic rings. The molecular weight excluding hydrogens is 268 g/mol. The summed E-state index contributed by atoms with van der Waals surface area (Å²) in [4.78, 5) is 25.2. The second kappa shape index (κ2) is 5.85. The zero-order valence-electron chi connectivity index (χ0n) is 12.8. The first-order chi connectivity index (χ1) is 10.0. The first-order valence-electron chi connectivity index (χ1n) is 8.28. The Kier molecular flexibility index (Phi) is 4.09. The molecule has 0 radical (unpaired) electrons. The fourth-order valence-corrected chi connectivity index (χ4v) is 4.65. The number of fused-ring (bicyclic) bond motifs is 2. The van der Waals surface area contributed by atoms with Crippen LogP contribution in [0.5, 0.6) is 0 Å². The molecule has 1 saturated heterocycles. The molecule has 2 amide bonds. The van der Waals surface area contributed by atoms with Gasteiger partial charge >= 0.3 is 12.0 Å². The van der Waals surface area contributed by atoms with Gasteiger partial charge in [-0.25, -0.2) is 4.79 Å². The van der Waals surface area contributed by atoms with Crippen LogP contribution in [0, 0.1) is 29.6 Å². The van der Waals surface area contributed by atoms with E-state index in [2.05, 4.69) is 5.32 Å². The van der Waals surface area contributed by atoms with Gasteiger partial charge in [0.05, 0.1) is 5.92 Å². The van der Waals surface area contributed by atoms with Crippen molar-refractivity contribution in [1.29, 1.82) is 0 Å². The van der Waals surface area contributed by atoms with Crippen molar-refractivity contribution in [3.8, 4) is 0 Å². The maximum absolute atomic E-state index is 12.3. The summed E-state index contributed by atoms with van der Waals surface area (Å²) in [7, 11) is 0. The molecule has 5 atom stereocenters. The Morgan fingerprint density at radius 1 is 1.19 bits per heavy atom. The number of aliphatic carboxylic acids is 1. The van der Waals surface area contributed by atoms with Gasteiger partial charge in [0, 0.05) is 19.6 Å².